The van der Waals surface area contributed by atoms with Crippen molar-refractivity contribution in [3.63, 3.8) is 0 Å². The Morgan fingerprint density at radius 2 is 1.37 bits per heavy atom. The van der Waals surface area contributed by atoms with Gasteiger partial charge in [0, 0.05) is 42.9 Å². The van der Waals surface area contributed by atoms with Crippen LogP contribution in [0.1, 0.15) is 11.1 Å². The second-order valence-corrected chi connectivity index (χ2v) is 7.67. The van der Waals surface area contributed by atoms with Gasteiger partial charge in [-0.05, 0) is 41.8 Å². The largest absolute Gasteiger partial charge is 0.366 e. The van der Waals surface area contributed by atoms with Gasteiger partial charge in [0.1, 0.15) is 0 Å². The quantitative estimate of drug-likeness (QED) is 0.598. The average molecular weight is 377 g/mol. The maximum Gasteiger partial charge on any atom is 0.0458 e. The molecule has 3 heteroatoms. The van der Waals surface area contributed by atoms with E-state index in [1.54, 1.807) is 0 Å². The molecule has 4 rings (SSSR count). The summed E-state index contributed by atoms with van der Waals surface area (Å²) in [5, 5.41) is 0.793. The van der Waals surface area contributed by atoms with Crippen LogP contribution in [0.2, 0.25) is 5.02 Å². The molecule has 3 aromatic carbocycles. The molecular weight excluding hydrogens is 352 g/mol. The van der Waals surface area contributed by atoms with Crippen molar-refractivity contribution < 1.29 is 0 Å². The molecule has 1 fully saturated rings. The molecule has 1 heterocycles. The number of hydrogen-bond donors (Lipinski definition) is 0. The zero-order chi connectivity index (χ0) is 18.5. The van der Waals surface area contributed by atoms with Crippen LogP contribution in [-0.4, -0.2) is 30.6 Å². The van der Waals surface area contributed by atoms with Crippen LogP contribution < -0.4 is 4.90 Å². The van der Waals surface area contributed by atoms with Gasteiger partial charge in [0.15, 0.2) is 0 Å². The number of rotatable bonds is 5. The average Bonchev–Trinajstić information content (AvgIpc) is 2.71. The first kappa shape index (κ1) is 18.1. The van der Waals surface area contributed by atoms with E-state index in [-0.39, 0.29) is 0 Å². The maximum absolute atomic E-state index is 6.10. The van der Waals surface area contributed by atoms with Crippen LogP contribution in [0.15, 0.2) is 84.9 Å². The molecule has 0 aliphatic carbocycles. The SMILES string of the molecule is Clc1ccc(N2CCN(Cc3ccccc3)C[C@@H]2Cc2ccccc2)cc1. The van der Waals surface area contributed by atoms with Crippen molar-refractivity contribution in [2.45, 2.75) is 19.0 Å². The summed E-state index contributed by atoms with van der Waals surface area (Å²) in [7, 11) is 0. The van der Waals surface area contributed by atoms with Gasteiger partial charge in [0.25, 0.3) is 0 Å². The number of nitrogens with zero attached hydrogens (tertiary/aromatic N) is 2. The maximum atomic E-state index is 6.10. The smallest absolute Gasteiger partial charge is 0.0458 e. The predicted molar refractivity (Wildman–Crippen MR) is 114 cm³/mol. The highest BCUT2D eigenvalue weighted by molar-refractivity contribution is 6.30. The van der Waals surface area contributed by atoms with E-state index >= 15 is 0 Å². The highest BCUT2D eigenvalue weighted by Crippen LogP contribution is 2.25. The van der Waals surface area contributed by atoms with Crippen molar-refractivity contribution in [1.82, 2.24) is 4.90 Å². The normalized spacial score (nSPS) is 17.8. The molecule has 0 N–H and O–H groups in total. The molecule has 0 spiro atoms. The number of halogens is 1. The molecule has 0 bridgehead atoms. The van der Waals surface area contributed by atoms with Gasteiger partial charge in [-0.25, -0.2) is 0 Å². The number of benzene rings is 3. The third-order valence-corrected chi connectivity index (χ3v) is 5.54. The third-order valence-electron chi connectivity index (χ3n) is 5.29. The Morgan fingerprint density at radius 1 is 0.741 bits per heavy atom. The first-order chi connectivity index (χ1) is 13.3. The summed E-state index contributed by atoms with van der Waals surface area (Å²) in [6.45, 7) is 4.18. The Balaban J connectivity index is 1.53. The van der Waals surface area contributed by atoms with Crippen LogP contribution in [0.5, 0.6) is 0 Å². The molecule has 2 nitrogen and oxygen atoms in total. The van der Waals surface area contributed by atoms with Crippen molar-refractivity contribution in [3.8, 4) is 0 Å². The van der Waals surface area contributed by atoms with E-state index in [0.29, 0.717) is 6.04 Å². The lowest BCUT2D eigenvalue weighted by Gasteiger charge is -2.43. The highest BCUT2D eigenvalue weighted by Gasteiger charge is 2.27. The zero-order valence-electron chi connectivity index (χ0n) is 15.5. The number of hydrogen-bond acceptors (Lipinski definition) is 2. The van der Waals surface area contributed by atoms with Crippen LogP contribution in [0.3, 0.4) is 0 Å². The standard InChI is InChI=1S/C24H25ClN2/c25-22-11-13-23(14-12-22)27-16-15-26(18-21-9-5-2-6-10-21)19-24(27)17-20-7-3-1-4-8-20/h1-14,24H,15-19H2/t24-/m0/s1. The van der Waals surface area contributed by atoms with E-state index in [9.17, 15) is 0 Å². The van der Waals surface area contributed by atoms with E-state index < -0.39 is 0 Å². The first-order valence-electron chi connectivity index (χ1n) is 9.60. The zero-order valence-corrected chi connectivity index (χ0v) is 16.2. The minimum Gasteiger partial charge on any atom is -0.366 e. The van der Waals surface area contributed by atoms with Crippen molar-refractivity contribution in [1.29, 1.82) is 0 Å². The second-order valence-electron chi connectivity index (χ2n) is 7.23. The Kier molecular flexibility index (Phi) is 5.76. The molecule has 0 aromatic heterocycles. The fraction of sp³-hybridized carbons (Fsp3) is 0.250. The molecule has 1 aliphatic rings. The lowest BCUT2D eigenvalue weighted by Crippen LogP contribution is -2.53. The predicted octanol–water partition coefficient (Wildman–Crippen LogP) is 5.27. The van der Waals surface area contributed by atoms with Crippen LogP contribution in [0, 0.1) is 0 Å². The molecule has 1 saturated heterocycles. The van der Waals surface area contributed by atoms with Gasteiger partial charge in [-0.3, -0.25) is 4.90 Å². The number of piperazine rings is 1. The summed E-state index contributed by atoms with van der Waals surface area (Å²) >= 11 is 6.10. The molecule has 1 aliphatic heterocycles. The van der Waals surface area contributed by atoms with Crippen LogP contribution >= 0.6 is 11.6 Å². The number of anilines is 1. The molecule has 27 heavy (non-hydrogen) atoms. The van der Waals surface area contributed by atoms with Crippen molar-refractivity contribution >= 4 is 17.3 Å². The molecule has 0 amide bonds. The van der Waals surface area contributed by atoms with Crippen LogP contribution in [0.4, 0.5) is 5.69 Å². The molecule has 0 saturated carbocycles. The lowest BCUT2D eigenvalue weighted by atomic mass is 10.0. The molecule has 0 unspecified atom stereocenters. The molecule has 1 atom stereocenters. The third kappa shape index (κ3) is 4.71. The van der Waals surface area contributed by atoms with Gasteiger partial charge in [0.05, 0.1) is 0 Å². The van der Waals surface area contributed by atoms with Gasteiger partial charge < -0.3 is 4.90 Å². The van der Waals surface area contributed by atoms with Gasteiger partial charge in [0.2, 0.25) is 0 Å². The topological polar surface area (TPSA) is 6.48 Å². The summed E-state index contributed by atoms with van der Waals surface area (Å²) in [5.74, 6) is 0. The minimum atomic E-state index is 0.450. The molecule has 138 valence electrons. The van der Waals surface area contributed by atoms with E-state index in [1.165, 1.54) is 16.8 Å². The monoisotopic (exact) mass is 376 g/mol. The van der Waals surface area contributed by atoms with E-state index in [2.05, 4.69) is 82.6 Å². The summed E-state index contributed by atoms with van der Waals surface area (Å²) < 4.78 is 0. The van der Waals surface area contributed by atoms with Gasteiger partial charge in [-0.2, -0.15) is 0 Å². The second kappa shape index (κ2) is 8.60. The Labute approximate surface area is 167 Å². The molecule has 0 radical (unpaired) electrons. The summed E-state index contributed by atoms with van der Waals surface area (Å²) in [6, 6.07) is 30.3. The van der Waals surface area contributed by atoms with Gasteiger partial charge in [-0.15, -0.1) is 0 Å². The van der Waals surface area contributed by atoms with Crippen LogP contribution in [-0.2, 0) is 13.0 Å². The Morgan fingerprint density at radius 3 is 2.04 bits per heavy atom. The lowest BCUT2D eigenvalue weighted by molar-refractivity contribution is 0.214. The Hall–Kier alpha value is -2.29. The van der Waals surface area contributed by atoms with Gasteiger partial charge >= 0.3 is 0 Å². The fourth-order valence-electron chi connectivity index (χ4n) is 3.94. The van der Waals surface area contributed by atoms with Gasteiger partial charge in [-0.1, -0.05) is 72.3 Å². The summed E-state index contributed by atoms with van der Waals surface area (Å²) in [4.78, 5) is 5.13. The molecule has 3 aromatic rings. The van der Waals surface area contributed by atoms with Crippen molar-refractivity contribution in [2.75, 3.05) is 24.5 Å². The molecular formula is C24H25ClN2. The fourth-order valence-corrected chi connectivity index (χ4v) is 4.06. The van der Waals surface area contributed by atoms with E-state index in [4.69, 9.17) is 11.6 Å². The highest BCUT2D eigenvalue weighted by atomic mass is 35.5. The van der Waals surface area contributed by atoms with Crippen LogP contribution in [0.25, 0.3) is 0 Å². The minimum absolute atomic E-state index is 0.450. The van der Waals surface area contributed by atoms with Crippen molar-refractivity contribution in [2.24, 2.45) is 0 Å². The van der Waals surface area contributed by atoms with E-state index in [1.807, 2.05) is 12.1 Å². The van der Waals surface area contributed by atoms with Crippen molar-refractivity contribution in [3.05, 3.63) is 101 Å². The Bertz CT molecular complexity index is 833. The summed E-state index contributed by atoms with van der Waals surface area (Å²) in [5.41, 5.74) is 4.04. The summed E-state index contributed by atoms with van der Waals surface area (Å²) in [6.07, 6.45) is 1.05. The first-order valence-corrected chi connectivity index (χ1v) is 9.98. The van der Waals surface area contributed by atoms with E-state index in [0.717, 1.165) is 37.6 Å².